The molecule has 4 rings (SSSR count). The number of hydrogen-bond donors (Lipinski definition) is 0. The van der Waals surface area contributed by atoms with E-state index in [0.717, 1.165) is 16.7 Å². The lowest BCUT2D eigenvalue weighted by Gasteiger charge is -2.17. The third-order valence-electron chi connectivity index (χ3n) is 5.06. The molecule has 152 valence electrons. The standard InChI is InChI=1S/C28H22O3/c29-26(20-21-16-18-23(19-17-21)22-10-4-1-5-11-22)31-28(25-14-8-3-9-15-25)27(30)24-12-6-2-7-13-24/h1-19,28H,20H2. The summed E-state index contributed by atoms with van der Waals surface area (Å²) in [4.78, 5) is 25.8. The minimum absolute atomic E-state index is 0.0977. The van der Waals surface area contributed by atoms with Gasteiger partial charge in [-0.3, -0.25) is 9.59 Å². The molecular weight excluding hydrogens is 384 g/mol. The van der Waals surface area contributed by atoms with E-state index in [9.17, 15) is 9.59 Å². The Morgan fingerprint density at radius 2 is 1.13 bits per heavy atom. The average Bonchev–Trinajstić information content (AvgIpc) is 2.84. The van der Waals surface area contributed by atoms with Gasteiger partial charge in [0.05, 0.1) is 6.42 Å². The molecule has 0 saturated carbocycles. The lowest BCUT2D eigenvalue weighted by Crippen LogP contribution is -2.21. The summed E-state index contributed by atoms with van der Waals surface area (Å²) in [6.07, 6.45) is -0.875. The monoisotopic (exact) mass is 406 g/mol. The Morgan fingerprint density at radius 1 is 0.613 bits per heavy atom. The van der Waals surface area contributed by atoms with Crippen LogP contribution in [0.5, 0.6) is 0 Å². The Morgan fingerprint density at radius 3 is 1.74 bits per heavy atom. The molecule has 0 radical (unpaired) electrons. The Balaban J connectivity index is 1.49. The Labute approximate surface area is 181 Å². The van der Waals surface area contributed by atoms with Crippen LogP contribution in [0.15, 0.2) is 115 Å². The summed E-state index contributed by atoms with van der Waals surface area (Å²) in [6.45, 7) is 0. The van der Waals surface area contributed by atoms with Gasteiger partial charge in [0.1, 0.15) is 0 Å². The number of esters is 1. The second-order valence-corrected chi connectivity index (χ2v) is 7.25. The molecule has 0 saturated heterocycles. The van der Waals surface area contributed by atoms with Crippen LogP contribution >= 0.6 is 0 Å². The third kappa shape index (κ3) is 5.14. The molecule has 0 aliphatic heterocycles. The van der Waals surface area contributed by atoms with Crippen LogP contribution in [-0.4, -0.2) is 11.8 Å². The van der Waals surface area contributed by atoms with E-state index in [1.54, 1.807) is 36.4 Å². The molecule has 0 aliphatic rings. The number of ether oxygens (including phenoxy) is 1. The van der Waals surface area contributed by atoms with E-state index >= 15 is 0 Å². The highest BCUT2D eigenvalue weighted by Crippen LogP contribution is 2.24. The van der Waals surface area contributed by atoms with E-state index in [1.807, 2.05) is 78.9 Å². The smallest absolute Gasteiger partial charge is 0.311 e. The average molecular weight is 406 g/mol. The van der Waals surface area contributed by atoms with Crippen LogP contribution in [0, 0.1) is 0 Å². The minimum Gasteiger partial charge on any atom is -0.449 e. The summed E-state index contributed by atoms with van der Waals surface area (Å²) < 4.78 is 5.68. The highest BCUT2D eigenvalue weighted by molar-refractivity contribution is 6.01. The number of benzene rings is 4. The van der Waals surface area contributed by atoms with Gasteiger partial charge in [-0.15, -0.1) is 0 Å². The summed E-state index contributed by atoms with van der Waals surface area (Å²) >= 11 is 0. The van der Waals surface area contributed by atoms with Crippen LogP contribution in [0.3, 0.4) is 0 Å². The van der Waals surface area contributed by atoms with Crippen LogP contribution in [0.4, 0.5) is 0 Å². The lowest BCUT2D eigenvalue weighted by molar-refractivity contribution is -0.146. The highest BCUT2D eigenvalue weighted by atomic mass is 16.5. The van der Waals surface area contributed by atoms with Gasteiger partial charge in [-0.1, -0.05) is 115 Å². The molecule has 1 atom stereocenters. The zero-order valence-corrected chi connectivity index (χ0v) is 17.0. The molecule has 0 aromatic heterocycles. The summed E-state index contributed by atoms with van der Waals surface area (Å²) in [7, 11) is 0. The summed E-state index contributed by atoms with van der Waals surface area (Å²) in [6, 6.07) is 35.9. The quantitative estimate of drug-likeness (QED) is 0.277. The first-order valence-electron chi connectivity index (χ1n) is 10.2. The molecule has 31 heavy (non-hydrogen) atoms. The number of hydrogen-bond acceptors (Lipinski definition) is 3. The topological polar surface area (TPSA) is 43.4 Å². The normalized spacial score (nSPS) is 11.5. The van der Waals surface area contributed by atoms with E-state index in [0.29, 0.717) is 11.1 Å². The van der Waals surface area contributed by atoms with Crippen molar-refractivity contribution in [1.82, 2.24) is 0 Å². The fraction of sp³-hybridized carbons (Fsp3) is 0.0714. The molecule has 0 fully saturated rings. The van der Waals surface area contributed by atoms with Crippen LogP contribution in [0.1, 0.15) is 27.6 Å². The summed E-state index contributed by atoms with van der Waals surface area (Å²) in [5.41, 5.74) is 4.21. The first-order valence-corrected chi connectivity index (χ1v) is 10.2. The predicted octanol–water partition coefficient (Wildman–Crippen LogP) is 6.06. The zero-order chi connectivity index (χ0) is 21.5. The zero-order valence-electron chi connectivity index (χ0n) is 17.0. The van der Waals surface area contributed by atoms with Gasteiger partial charge in [0.15, 0.2) is 6.10 Å². The van der Waals surface area contributed by atoms with E-state index in [4.69, 9.17) is 4.74 Å². The van der Waals surface area contributed by atoms with Crippen molar-refractivity contribution < 1.29 is 14.3 Å². The van der Waals surface area contributed by atoms with Crippen LogP contribution < -0.4 is 0 Å². The van der Waals surface area contributed by atoms with Gasteiger partial charge >= 0.3 is 5.97 Å². The number of rotatable bonds is 7. The maximum absolute atomic E-state index is 13.1. The molecule has 0 heterocycles. The molecule has 3 nitrogen and oxygen atoms in total. The maximum Gasteiger partial charge on any atom is 0.311 e. The second-order valence-electron chi connectivity index (χ2n) is 7.25. The fourth-order valence-electron chi connectivity index (χ4n) is 3.44. The number of Topliss-reactive ketones (excluding diaryl/α,β-unsaturated/α-hetero) is 1. The number of ketones is 1. The Kier molecular flexibility index (Phi) is 6.34. The van der Waals surface area contributed by atoms with Gasteiger partial charge in [-0.25, -0.2) is 0 Å². The fourth-order valence-corrected chi connectivity index (χ4v) is 3.44. The van der Waals surface area contributed by atoms with Crippen molar-refractivity contribution in [1.29, 1.82) is 0 Å². The van der Waals surface area contributed by atoms with E-state index < -0.39 is 12.1 Å². The van der Waals surface area contributed by atoms with Crippen LogP contribution in [-0.2, 0) is 16.0 Å². The SMILES string of the molecule is O=C(Cc1ccc(-c2ccccc2)cc1)OC(C(=O)c1ccccc1)c1ccccc1. The van der Waals surface area contributed by atoms with E-state index in [2.05, 4.69) is 0 Å². The molecule has 3 heteroatoms. The van der Waals surface area contributed by atoms with Gasteiger partial charge in [0.25, 0.3) is 0 Å². The molecular formula is C28H22O3. The highest BCUT2D eigenvalue weighted by Gasteiger charge is 2.26. The Hall–Kier alpha value is -3.98. The van der Waals surface area contributed by atoms with Crippen molar-refractivity contribution in [2.75, 3.05) is 0 Å². The van der Waals surface area contributed by atoms with E-state index in [-0.39, 0.29) is 12.2 Å². The largest absolute Gasteiger partial charge is 0.449 e. The van der Waals surface area contributed by atoms with Crippen molar-refractivity contribution in [3.63, 3.8) is 0 Å². The molecule has 4 aromatic carbocycles. The Bertz CT molecular complexity index is 1140. The van der Waals surface area contributed by atoms with Crippen LogP contribution in [0.2, 0.25) is 0 Å². The second kappa shape index (κ2) is 9.68. The predicted molar refractivity (Wildman–Crippen MR) is 122 cm³/mol. The molecule has 0 amide bonds. The number of carbonyl (C=O) groups is 2. The van der Waals surface area contributed by atoms with E-state index in [1.165, 1.54) is 0 Å². The van der Waals surface area contributed by atoms with Gasteiger partial charge in [-0.05, 0) is 16.7 Å². The molecule has 0 aliphatic carbocycles. The molecule has 0 N–H and O–H groups in total. The van der Waals surface area contributed by atoms with Gasteiger partial charge in [0, 0.05) is 11.1 Å². The van der Waals surface area contributed by atoms with Gasteiger partial charge in [-0.2, -0.15) is 0 Å². The van der Waals surface area contributed by atoms with Gasteiger partial charge in [0.2, 0.25) is 5.78 Å². The van der Waals surface area contributed by atoms with Crippen molar-refractivity contribution >= 4 is 11.8 Å². The minimum atomic E-state index is -0.973. The molecule has 0 spiro atoms. The van der Waals surface area contributed by atoms with Gasteiger partial charge < -0.3 is 4.74 Å². The molecule has 1 unspecified atom stereocenters. The van der Waals surface area contributed by atoms with Crippen molar-refractivity contribution in [2.24, 2.45) is 0 Å². The maximum atomic E-state index is 13.1. The van der Waals surface area contributed by atoms with Crippen LogP contribution in [0.25, 0.3) is 11.1 Å². The lowest BCUT2D eigenvalue weighted by atomic mass is 9.99. The van der Waals surface area contributed by atoms with Crippen molar-refractivity contribution in [2.45, 2.75) is 12.5 Å². The van der Waals surface area contributed by atoms with Crippen molar-refractivity contribution in [3.05, 3.63) is 132 Å². The number of carbonyl (C=O) groups excluding carboxylic acids is 2. The van der Waals surface area contributed by atoms with Crippen molar-refractivity contribution in [3.8, 4) is 11.1 Å². The first kappa shape index (κ1) is 20.3. The first-order chi connectivity index (χ1) is 15.2. The molecule has 0 bridgehead atoms. The summed E-state index contributed by atoms with van der Waals surface area (Å²) in [5, 5.41) is 0. The third-order valence-corrected chi connectivity index (χ3v) is 5.06. The molecule has 4 aromatic rings. The summed E-state index contributed by atoms with van der Waals surface area (Å²) in [5.74, 6) is -0.676.